The molecule has 148 valence electrons. The quantitative estimate of drug-likeness (QED) is 0.790. The molecule has 0 bridgehead atoms. The average Bonchev–Trinajstić information content (AvgIpc) is 2.95. The van der Waals surface area contributed by atoms with Gasteiger partial charge in [0.25, 0.3) is 0 Å². The molecule has 1 atom stereocenters. The Kier molecular flexibility index (Phi) is 7.38. The van der Waals surface area contributed by atoms with Crippen LogP contribution in [0.15, 0.2) is 30.3 Å². The highest BCUT2D eigenvalue weighted by molar-refractivity contribution is 5.81. The van der Waals surface area contributed by atoms with Crippen LogP contribution in [0.4, 0.5) is 4.39 Å². The Hall–Kier alpha value is -1.76. The Labute approximate surface area is 161 Å². The number of carbonyl (C=O) groups is 1. The third kappa shape index (κ3) is 5.86. The van der Waals surface area contributed by atoms with Crippen LogP contribution >= 0.6 is 0 Å². The SMILES string of the molecule is CC(C(=O)N1CCCN(C/C=C/c2ccc(F)cc2)CC1)N1CCOCC1. The van der Waals surface area contributed by atoms with Gasteiger partial charge in [0.05, 0.1) is 19.3 Å². The molecule has 2 saturated heterocycles. The molecule has 3 rings (SSSR count). The van der Waals surface area contributed by atoms with Gasteiger partial charge in [0, 0.05) is 45.8 Å². The van der Waals surface area contributed by atoms with Gasteiger partial charge < -0.3 is 9.64 Å². The van der Waals surface area contributed by atoms with Gasteiger partial charge in [0.2, 0.25) is 5.91 Å². The number of halogens is 1. The van der Waals surface area contributed by atoms with Gasteiger partial charge in [-0.25, -0.2) is 4.39 Å². The standard InChI is InChI=1S/C21H30FN3O2/c1-18(24-14-16-27-17-15-24)21(26)25-11-3-10-23(12-13-25)9-2-4-19-5-7-20(22)8-6-19/h2,4-8,18H,3,9-17H2,1H3/b4-2+. The second-order valence-electron chi connectivity index (χ2n) is 7.26. The van der Waals surface area contributed by atoms with Gasteiger partial charge in [-0.2, -0.15) is 0 Å². The number of benzene rings is 1. The molecule has 2 heterocycles. The average molecular weight is 375 g/mol. The van der Waals surface area contributed by atoms with Crippen LogP contribution in [0, 0.1) is 5.82 Å². The molecular weight excluding hydrogens is 345 g/mol. The molecule has 5 nitrogen and oxygen atoms in total. The summed E-state index contributed by atoms with van der Waals surface area (Å²) < 4.78 is 18.3. The van der Waals surface area contributed by atoms with E-state index in [1.165, 1.54) is 12.1 Å². The first-order valence-corrected chi connectivity index (χ1v) is 9.88. The molecule has 0 N–H and O–H groups in total. The van der Waals surface area contributed by atoms with E-state index in [0.29, 0.717) is 13.2 Å². The van der Waals surface area contributed by atoms with Crippen molar-refractivity contribution in [3.63, 3.8) is 0 Å². The van der Waals surface area contributed by atoms with Crippen LogP contribution in [0.5, 0.6) is 0 Å². The summed E-state index contributed by atoms with van der Waals surface area (Å²) >= 11 is 0. The monoisotopic (exact) mass is 375 g/mol. The predicted octanol–water partition coefficient (Wildman–Crippen LogP) is 2.09. The van der Waals surface area contributed by atoms with Crippen molar-refractivity contribution in [2.24, 2.45) is 0 Å². The minimum Gasteiger partial charge on any atom is -0.379 e. The van der Waals surface area contributed by atoms with Crippen molar-refractivity contribution in [1.29, 1.82) is 0 Å². The maximum atomic E-state index is 12.9. The highest BCUT2D eigenvalue weighted by Gasteiger charge is 2.28. The van der Waals surface area contributed by atoms with Crippen LogP contribution in [0.25, 0.3) is 6.08 Å². The molecule has 1 amide bonds. The van der Waals surface area contributed by atoms with Crippen LogP contribution in [0.1, 0.15) is 18.9 Å². The maximum Gasteiger partial charge on any atom is 0.239 e. The summed E-state index contributed by atoms with van der Waals surface area (Å²) in [4.78, 5) is 19.5. The number of rotatable bonds is 5. The van der Waals surface area contributed by atoms with Crippen molar-refractivity contribution < 1.29 is 13.9 Å². The first kappa shape index (κ1) is 20.0. The molecule has 27 heavy (non-hydrogen) atoms. The van der Waals surface area contributed by atoms with E-state index in [-0.39, 0.29) is 17.8 Å². The number of amides is 1. The van der Waals surface area contributed by atoms with E-state index < -0.39 is 0 Å². The molecule has 0 spiro atoms. The van der Waals surface area contributed by atoms with Crippen LogP contribution in [-0.2, 0) is 9.53 Å². The van der Waals surface area contributed by atoms with Crippen LogP contribution in [-0.4, -0.2) is 85.7 Å². The van der Waals surface area contributed by atoms with E-state index in [1.807, 2.05) is 17.9 Å². The molecule has 0 aromatic heterocycles. The van der Waals surface area contributed by atoms with Gasteiger partial charge in [-0.05, 0) is 31.0 Å². The second kappa shape index (κ2) is 9.97. The van der Waals surface area contributed by atoms with E-state index in [0.717, 1.165) is 57.8 Å². The third-order valence-electron chi connectivity index (χ3n) is 5.39. The Morgan fingerprint density at radius 3 is 2.59 bits per heavy atom. The minimum absolute atomic E-state index is 0.0705. The minimum atomic E-state index is -0.212. The van der Waals surface area contributed by atoms with Gasteiger partial charge in [-0.15, -0.1) is 0 Å². The molecule has 1 aromatic carbocycles. The smallest absolute Gasteiger partial charge is 0.239 e. The van der Waals surface area contributed by atoms with E-state index in [1.54, 1.807) is 12.1 Å². The van der Waals surface area contributed by atoms with Crippen LogP contribution < -0.4 is 0 Å². The van der Waals surface area contributed by atoms with Crippen molar-refractivity contribution in [3.8, 4) is 0 Å². The summed E-state index contributed by atoms with van der Waals surface area (Å²) in [5, 5.41) is 0. The summed E-state index contributed by atoms with van der Waals surface area (Å²) in [5.74, 6) is 0.0244. The molecule has 1 unspecified atom stereocenters. The Balaban J connectivity index is 1.46. The maximum absolute atomic E-state index is 12.9. The van der Waals surface area contributed by atoms with E-state index >= 15 is 0 Å². The fourth-order valence-electron chi connectivity index (χ4n) is 3.67. The number of morpholine rings is 1. The van der Waals surface area contributed by atoms with Gasteiger partial charge in [-0.1, -0.05) is 24.3 Å². The number of carbonyl (C=O) groups excluding carboxylic acids is 1. The molecule has 2 aliphatic heterocycles. The summed E-state index contributed by atoms with van der Waals surface area (Å²) in [6.45, 7) is 9.43. The highest BCUT2D eigenvalue weighted by Crippen LogP contribution is 2.11. The van der Waals surface area contributed by atoms with Crippen molar-refractivity contribution in [1.82, 2.24) is 14.7 Å². The van der Waals surface area contributed by atoms with E-state index in [4.69, 9.17) is 4.74 Å². The summed E-state index contributed by atoms with van der Waals surface area (Å²) in [7, 11) is 0. The Bertz CT molecular complexity index is 629. The normalized spacial score (nSPS) is 21.3. The molecular formula is C21H30FN3O2. The molecule has 0 radical (unpaired) electrons. The topological polar surface area (TPSA) is 36.0 Å². The fraction of sp³-hybridized carbons (Fsp3) is 0.571. The number of ether oxygens (including phenoxy) is 1. The first-order valence-electron chi connectivity index (χ1n) is 9.88. The lowest BCUT2D eigenvalue weighted by Gasteiger charge is -2.34. The lowest BCUT2D eigenvalue weighted by Crippen LogP contribution is -2.51. The summed E-state index contributed by atoms with van der Waals surface area (Å²) in [6, 6.07) is 6.44. The largest absolute Gasteiger partial charge is 0.379 e. The molecule has 1 aromatic rings. The van der Waals surface area contributed by atoms with Crippen LogP contribution in [0.3, 0.4) is 0 Å². The van der Waals surface area contributed by atoms with E-state index in [2.05, 4.69) is 15.9 Å². The van der Waals surface area contributed by atoms with Crippen molar-refractivity contribution >= 4 is 12.0 Å². The second-order valence-corrected chi connectivity index (χ2v) is 7.26. The zero-order chi connectivity index (χ0) is 19.1. The molecule has 2 fully saturated rings. The first-order chi connectivity index (χ1) is 13.1. The zero-order valence-electron chi connectivity index (χ0n) is 16.1. The van der Waals surface area contributed by atoms with Crippen molar-refractivity contribution in [2.75, 3.05) is 59.0 Å². The Morgan fingerprint density at radius 1 is 1.11 bits per heavy atom. The van der Waals surface area contributed by atoms with E-state index in [9.17, 15) is 9.18 Å². The van der Waals surface area contributed by atoms with Gasteiger partial charge in [0.1, 0.15) is 5.82 Å². The lowest BCUT2D eigenvalue weighted by atomic mass is 10.2. The lowest BCUT2D eigenvalue weighted by molar-refractivity contribution is -0.137. The highest BCUT2D eigenvalue weighted by atomic mass is 19.1. The van der Waals surface area contributed by atoms with Gasteiger partial charge >= 0.3 is 0 Å². The number of hydrogen-bond donors (Lipinski definition) is 0. The van der Waals surface area contributed by atoms with Crippen molar-refractivity contribution in [2.45, 2.75) is 19.4 Å². The summed E-state index contributed by atoms with van der Waals surface area (Å²) in [5.41, 5.74) is 1.00. The van der Waals surface area contributed by atoms with Crippen molar-refractivity contribution in [3.05, 3.63) is 41.7 Å². The van der Waals surface area contributed by atoms with Gasteiger partial charge in [-0.3, -0.25) is 14.6 Å². The van der Waals surface area contributed by atoms with Crippen LogP contribution in [0.2, 0.25) is 0 Å². The van der Waals surface area contributed by atoms with Gasteiger partial charge in [0.15, 0.2) is 0 Å². The third-order valence-corrected chi connectivity index (χ3v) is 5.39. The number of hydrogen-bond acceptors (Lipinski definition) is 4. The predicted molar refractivity (Wildman–Crippen MR) is 105 cm³/mol. The molecule has 2 aliphatic rings. The summed E-state index contributed by atoms with van der Waals surface area (Å²) in [6.07, 6.45) is 5.13. The molecule has 0 aliphatic carbocycles. The Morgan fingerprint density at radius 2 is 1.85 bits per heavy atom. The fourth-order valence-corrected chi connectivity index (χ4v) is 3.67. The molecule has 0 saturated carbocycles. The molecule has 6 heteroatoms. The number of nitrogens with zero attached hydrogens (tertiary/aromatic N) is 3. The zero-order valence-corrected chi connectivity index (χ0v) is 16.1.